The second-order valence-electron chi connectivity index (χ2n) is 5.07. The number of nitrogens with one attached hydrogen (secondary N) is 1. The summed E-state index contributed by atoms with van der Waals surface area (Å²) in [5, 5.41) is 4.05. The van der Waals surface area contributed by atoms with Gasteiger partial charge in [0.05, 0.1) is 24.0 Å². The van der Waals surface area contributed by atoms with Crippen molar-refractivity contribution in [1.29, 1.82) is 0 Å². The summed E-state index contributed by atoms with van der Waals surface area (Å²) in [6.45, 7) is 0. The normalized spacial score (nSPS) is 22.3. The van der Waals surface area contributed by atoms with E-state index < -0.39 is 0 Å². The van der Waals surface area contributed by atoms with E-state index in [1.54, 1.807) is 12.1 Å². The smallest absolute Gasteiger partial charge is 0.340 e. The van der Waals surface area contributed by atoms with Crippen LogP contribution in [0, 0.1) is 0 Å². The summed E-state index contributed by atoms with van der Waals surface area (Å²) in [7, 11) is 1.39. The summed E-state index contributed by atoms with van der Waals surface area (Å²) in [6, 6.07) is 5.69. The molecule has 1 aliphatic rings. The Labute approximate surface area is 124 Å². The Morgan fingerprint density at radius 1 is 1.40 bits per heavy atom. The summed E-state index contributed by atoms with van der Waals surface area (Å²) < 4.78 is 4.83. The quantitative estimate of drug-likeness (QED) is 0.660. The van der Waals surface area contributed by atoms with Gasteiger partial charge >= 0.3 is 5.97 Å². The number of anilines is 2. The van der Waals surface area contributed by atoms with Crippen LogP contribution in [-0.4, -0.2) is 30.6 Å². The maximum atomic E-state index is 11.9. The third-order valence-electron chi connectivity index (χ3n) is 3.84. The molecule has 0 radical (unpaired) electrons. The van der Waals surface area contributed by atoms with Crippen LogP contribution < -0.4 is 11.1 Å². The van der Waals surface area contributed by atoms with Crippen LogP contribution in [0.25, 0.3) is 0 Å². The largest absolute Gasteiger partial charge is 0.465 e. The average Bonchev–Trinajstić information content (AvgIpc) is 2.49. The summed E-state index contributed by atoms with van der Waals surface area (Å²) in [4.78, 5) is 11.9. The van der Waals surface area contributed by atoms with Crippen LogP contribution in [0.2, 0.25) is 0 Å². The van der Waals surface area contributed by atoms with Crippen LogP contribution in [0.5, 0.6) is 0 Å². The molecular formula is C15H22N2O2S. The standard InChI is InChI=1S/C15H22N2O2S/c1-19-15(18)10-6-5-7-11(16)14(10)17-12-8-3-4-9-13(12)20-2/h5-7,12-13,17H,3-4,8-9,16H2,1-2H3. The van der Waals surface area contributed by atoms with E-state index in [9.17, 15) is 4.79 Å². The molecule has 4 nitrogen and oxygen atoms in total. The summed E-state index contributed by atoms with van der Waals surface area (Å²) in [5.74, 6) is -0.351. The third kappa shape index (κ3) is 3.20. The lowest BCUT2D eigenvalue weighted by atomic mass is 9.94. The van der Waals surface area contributed by atoms with Gasteiger partial charge in [-0.2, -0.15) is 11.8 Å². The van der Waals surface area contributed by atoms with Crippen molar-refractivity contribution in [2.45, 2.75) is 37.0 Å². The minimum atomic E-state index is -0.351. The van der Waals surface area contributed by atoms with E-state index >= 15 is 0 Å². The van der Waals surface area contributed by atoms with Crippen LogP contribution >= 0.6 is 11.8 Å². The first-order chi connectivity index (χ1) is 9.67. The van der Waals surface area contributed by atoms with Gasteiger partial charge in [-0.25, -0.2) is 4.79 Å². The van der Waals surface area contributed by atoms with Gasteiger partial charge in [0, 0.05) is 11.3 Å². The van der Waals surface area contributed by atoms with Gasteiger partial charge in [0.15, 0.2) is 0 Å². The Kier molecular flexibility index (Phi) is 5.17. The Balaban J connectivity index is 2.25. The Morgan fingerprint density at radius 2 is 2.15 bits per heavy atom. The molecule has 2 atom stereocenters. The summed E-state index contributed by atoms with van der Waals surface area (Å²) in [5.41, 5.74) is 7.86. The van der Waals surface area contributed by atoms with Gasteiger partial charge < -0.3 is 15.8 Å². The molecule has 0 spiro atoms. The summed E-state index contributed by atoms with van der Waals surface area (Å²) in [6.07, 6.45) is 6.95. The van der Waals surface area contributed by atoms with E-state index in [0.717, 1.165) is 6.42 Å². The number of nitrogen functional groups attached to an aromatic ring is 1. The van der Waals surface area contributed by atoms with Crippen molar-refractivity contribution in [3.8, 4) is 0 Å². The number of methoxy groups -OCH3 is 1. The van der Waals surface area contributed by atoms with Crippen molar-refractivity contribution in [2.24, 2.45) is 0 Å². The molecule has 1 aromatic rings. The third-order valence-corrected chi connectivity index (χ3v) is 5.01. The molecule has 1 fully saturated rings. The number of benzene rings is 1. The maximum absolute atomic E-state index is 11.9. The number of rotatable bonds is 4. The molecule has 0 amide bonds. The maximum Gasteiger partial charge on any atom is 0.340 e. The molecule has 0 saturated heterocycles. The zero-order chi connectivity index (χ0) is 14.5. The lowest BCUT2D eigenvalue weighted by molar-refractivity contribution is 0.0602. The number of thioether (sulfide) groups is 1. The lowest BCUT2D eigenvalue weighted by Crippen LogP contribution is -2.35. The fourth-order valence-electron chi connectivity index (χ4n) is 2.74. The zero-order valence-corrected chi connectivity index (χ0v) is 12.8. The predicted octanol–water partition coefficient (Wildman–Crippen LogP) is 3.14. The van der Waals surface area contributed by atoms with E-state index in [-0.39, 0.29) is 5.97 Å². The van der Waals surface area contributed by atoms with Crippen molar-refractivity contribution in [1.82, 2.24) is 0 Å². The molecule has 3 N–H and O–H groups in total. The summed E-state index contributed by atoms with van der Waals surface area (Å²) >= 11 is 1.88. The highest BCUT2D eigenvalue weighted by Crippen LogP contribution is 2.32. The number of ether oxygens (including phenoxy) is 1. The van der Waals surface area contributed by atoms with Crippen molar-refractivity contribution >= 4 is 29.1 Å². The molecule has 2 unspecified atom stereocenters. The molecule has 20 heavy (non-hydrogen) atoms. The van der Waals surface area contributed by atoms with Gasteiger partial charge in [0.25, 0.3) is 0 Å². The molecule has 0 aliphatic heterocycles. The topological polar surface area (TPSA) is 64.3 Å². The number of nitrogens with two attached hydrogens (primary N) is 1. The molecule has 110 valence electrons. The molecule has 0 heterocycles. The Bertz CT molecular complexity index is 479. The SMILES string of the molecule is COC(=O)c1cccc(N)c1NC1CCCCC1SC. The number of carbonyl (C=O) groups is 1. The molecule has 5 heteroatoms. The van der Waals surface area contributed by atoms with Crippen LogP contribution in [0.1, 0.15) is 36.0 Å². The van der Waals surface area contributed by atoms with Gasteiger partial charge in [0.2, 0.25) is 0 Å². The Hall–Kier alpha value is -1.36. The number of hydrogen-bond acceptors (Lipinski definition) is 5. The van der Waals surface area contributed by atoms with Crippen molar-refractivity contribution < 1.29 is 9.53 Å². The van der Waals surface area contributed by atoms with E-state index in [1.165, 1.54) is 26.4 Å². The first kappa shape index (κ1) is 15.0. The first-order valence-electron chi connectivity index (χ1n) is 6.93. The molecule has 2 rings (SSSR count). The monoisotopic (exact) mass is 294 g/mol. The van der Waals surface area contributed by atoms with Crippen molar-refractivity contribution in [3.05, 3.63) is 23.8 Å². The van der Waals surface area contributed by atoms with Crippen LogP contribution in [0.3, 0.4) is 0 Å². The van der Waals surface area contributed by atoms with E-state index in [1.807, 2.05) is 17.8 Å². The van der Waals surface area contributed by atoms with E-state index in [0.29, 0.717) is 28.2 Å². The van der Waals surface area contributed by atoms with E-state index in [2.05, 4.69) is 11.6 Å². The highest BCUT2D eigenvalue weighted by Gasteiger charge is 2.26. The molecular weight excluding hydrogens is 272 g/mol. The zero-order valence-electron chi connectivity index (χ0n) is 12.0. The molecule has 1 saturated carbocycles. The lowest BCUT2D eigenvalue weighted by Gasteiger charge is -2.32. The highest BCUT2D eigenvalue weighted by molar-refractivity contribution is 7.99. The van der Waals surface area contributed by atoms with Gasteiger partial charge in [-0.05, 0) is 31.2 Å². The van der Waals surface area contributed by atoms with E-state index in [4.69, 9.17) is 10.5 Å². The molecule has 1 aromatic carbocycles. The molecule has 0 bridgehead atoms. The van der Waals surface area contributed by atoms with Crippen molar-refractivity contribution in [2.75, 3.05) is 24.4 Å². The van der Waals surface area contributed by atoms with Gasteiger partial charge in [-0.1, -0.05) is 18.9 Å². The second kappa shape index (κ2) is 6.88. The fraction of sp³-hybridized carbons (Fsp3) is 0.533. The van der Waals surface area contributed by atoms with Gasteiger partial charge in [-0.15, -0.1) is 0 Å². The van der Waals surface area contributed by atoms with Crippen LogP contribution in [0.15, 0.2) is 18.2 Å². The van der Waals surface area contributed by atoms with Crippen LogP contribution in [-0.2, 0) is 4.74 Å². The highest BCUT2D eigenvalue weighted by atomic mass is 32.2. The van der Waals surface area contributed by atoms with Crippen molar-refractivity contribution in [3.63, 3.8) is 0 Å². The number of para-hydroxylation sites is 1. The Morgan fingerprint density at radius 3 is 2.85 bits per heavy atom. The number of esters is 1. The number of hydrogen-bond donors (Lipinski definition) is 2. The van der Waals surface area contributed by atoms with Gasteiger partial charge in [0.1, 0.15) is 0 Å². The molecule has 0 aromatic heterocycles. The number of carbonyl (C=O) groups excluding carboxylic acids is 1. The van der Waals surface area contributed by atoms with Gasteiger partial charge in [-0.3, -0.25) is 0 Å². The second-order valence-corrected chi connectivity index (χ2v) is 6.15. The van der Waals surface area contributed by atoms with Crippen LogP contribution in [0.4, 0.5) is 11.4 Å². The predicted molar refractivity (Wildman–Crippen MR) is 85.4 cm³/mol. The first-order valence-corrected chi connectivity index (χ1v) is 8.22. The minimum absolute atomic E-state index is 0.351. The average molecular weight is 294 g/mol. The molecule has 1 aliphatic carbocycles. The minimum Gasteiger partial charge on any atom is -0.465 e. The fourth-order valence-corrected chi connectivity index (χ4v) is 3.68.